The zero-order valence-corrected chi connectivity index (χ0v) is 12.4. The first-order valence-electron chi connectivity index (χ1n) is 7.07. The lowest BCUT2D eigenvalue weighted by atomic mass is 9.97. The molecule has 2 rings (SSSR count). The van der Waals surface area contributed by atoms with Crippen molar-refractivity contribution in [3.63, 3.8) is 0 Å². The molecule has 0 amide bonds. The van der Waals surface area contributed by atoms with E-state index in [0.29, 0.717) is 17.1 Å². The van der Waals surface area contributed by atoms with Gasteiger partial charge in [-0.3, -0.25) is 0 Å². The predicted octanol–water partition coefficient (Wildman–Crippen LogP) is 3.84. The van der Waals surface area contributed by atoms with Gasteiger partial charge in [0.2, 0.25) is 0 Å². The number of nitrogens with zero attached hydrogens (tertiary/aromatic N) is 1. The summed E-state index contributed by atoms with van der Waals surface area (Å²) in [4.78, 5) is 2.22. The molecule has 2 nitrogen and oxygen atoms in total. The molecule has 19 heavy (non-hydrogen) atoms. The van der Waals surface area contributed by atoms with Gasteiger partial charge in [0.15, 0.2) is 0 Å². The molecular weight excluding hydrogens is 263 g/mol. The highest BCUT2D eigenvalue weighted by Gasteiger charge is 2.26. The zero-order valence-electron chi connectivity index (χ0n) is 11.6. The van der Waals surface area contributed by atoms with Crippen LogP contribution in [0, 0.1) is 5.82 Å². The third-order valence-corrected chi connectivity index (χ3v) is 4.10. The van der Waals surface area contributed by atoms with Crippen LogP contribution in [-0.2, 0) is 0 Å². The average molecular weight is 285 g/mol. The minimum Gasteiger partial charge on any atom is -0.367 e. The van der Waals surface area contributed by atoms with Gasteiger partial charge in [-0.2, -0.15) is 0 Å². The molecule has 1 aliphatic rings. The molecular formula is C15H22ClFN2. The molecule has 1 aliphatic heterocycles. The zero-order chi connectivity index (χ0) is 13.8. The Kier molecular flexibility index (Phi) is 5.06. The molecule has 1 N–H and O–H groups in total. The predicted molar refractivity (Wildman–Crippen MR) is 79.5 cm³/mol. The molecule has 1 aromatic carbocycles. The number of rotatable bonds is 4. The topological polar surface area (TPSA) is 15.3 Å². The standard InChI is InChI=1S/C15H22ClFN2/c1-3-7-18-13-6-8-19(11(2)9-13)15-10-12(17)4-5-14(15)16/h4-5,10-11,13,18H,3,6-9H2,1-2H3. The minimum absolute atomic E-state index is 0.224. The average Bonchev–Trinajstić information content (AvgIpc) is 2.40. The lowest BCUT2D eigenvalue weighted by molar-refractivity contribution is 0.368. The van der Waals surface area contributed by atoms with E-state index in [9.17, 15) is 4.39 Å². The summed E-state index contributed by atoms with van der Waals surface area (Å²) < 4.78 is 13.4. The van der Waals surface area contributed by atoms with Gasteiger partial charge in [-0.05, 0) is 50.9 Å². The van der Waals surface area contributed by atoms with E-state index >= 15 is 0 Å². The summed E-state index contributed by atoms with van der Waals surface area (Å²) in [6.07, 6.45) is 3.31. The number of hydrogen-bond acceptors (Lipinski definition) is 2. The number of hydrogen-bond donors (Lipinski definition) is 1. The van der Waals surface area contributed by atoms with Crippen molar-refractivity contribution in [1.29, 1.82) is 0 Å². The molecule has 0 aromatic heterocycles. The monoisotopic (exact) mass is 284 g/mol. The maximum absolute atomic E-state index is 13.4. The van der Waals surface area contributed by atoms with Crippen molar-refractivity contribution < 1.29 is 4.39 Å². The first kappa shape index (κ1) is 14.6. The van der Waals surface area contributed by atoms with Crippen molar-refractivity contribution in [3.05, 3.63) is 29.0 Å². The van der Waals surface area contributed by atoms with Gasteiger partial charge in [0.25, 0.3) is 0 Å². The Bertz CT molecular complexity index is 425. The van der Waals surface area contributed by atoms with Crippen LogP contribution in [-0.4, -0.2) is 25.2 Å². The van der Waals surface area contributed by atoms with Crippen LogP contribution in [0.1, 0.15) is 33.1 Å². The number of halogens is 2. The molecule has 1 fully saturated rings. The first-order valence-corrected chi connectivity index (χ1v) is 7.44. The van der Waals surface area contributed by atoms with Gasteiger partial charge >= 0.3 is 0 Å². The van der Waals surface area contributed by atoms with E-state index in [2.05, 4.69) is 24.1 Å². The van der Waals surface area contributed by atoms with E-state index < -0.39 is 0 Å². The van der Waals surface area contributed by atoms with Gasteiger partial charge in [0.1, 0.15) is 5.82 Å². The summed E-state index contributed by atoms with van der Waals surface area (Å²) in [6, 6.07) is 5.53. The quantitative estimate of drug-likeness (QED) is 0.904. The van der Waals surface area contributed by atoms with Crippen LogP contribution >= 0.6 is 11.6 Å². The van der Waals surface area contributed by atoms with Gasteiger partial charge < -0.3 is 10.2 Å². The Labute approximate surface area is 119 Å². The summed E-state index contributed by atoms with van der Waals surface area (Å²) in [5, 5.41) is 4.20. The second kappa shape index (κ2) is 6.58. The maximum Gasteiger partial charge on any atom is 0.125 e. The molecule has 2 atom stereocenters. The number of piperidine rings is 1. The smallest absolute Gasteiger partial charge is 0.125 e. The van der Waals surface area contributed by atoms with Gasteiger partial charge in [0.05, 0.1) is 10.7 Å². The normalized spacial score (nSPS) is 23.7. The molecule has 106 valence electrons. The highest BCUT2D eigenvalue weighted by Crippen LogP contribution is 2.31. The Balaban J connectivity index is 2.05. The van der Waals surface area contributed by atoms with Crippen molar-refractivity contribution in [2.45, 2.75) is 45.2 Å². The molecule has 1 aromatic rings. The van der Waals surface area contributed by atoms with Crippen LogP contribution < -0.4 is 10.2 Å². The lowest BCUT2D eigenvalue weighted by Gasteiger charge is -2.40. The van der Waals surface area contributed by atoms with E-state index in [-0.39, 0.29) is 5.82 Å². The van der Waals surface area contributed by atoms with Gasteiger partial charge in [-0.25, -0.2) is 4.39 Å². The molecule has 4 heteroatoms. The van der Waals surface area contributed by atoms with Crippen LogP contribution in [0.15, 0.2) is 18.2 Å². The molecule has 0 bridgehead atoms. The fourth-order valence-electron chi connectivity index (χ4n) is 2.77. The molecule has 2 unspecified atom stereocenters. The summed E-state index contributed by atoms with van der Waals surface area (Å²) >= 11 is 6.19. The van der Waals surface area contributed by atoms with E-state index in [1.807, 2.05) is 0 Å². The Morgan fingerprint density at radius 2 is 2.26 bits per heavy atom. The number of benzene rings is 1. The fraction of sp³-hybridized carbons (Fsp3) is 0.600. The highest BCUT2D eigenvalue weighted by molar-refractivity contribution is 6.33. The summed E-state index contributed by atoms with van der Waals surface area (Å²) in [7, 11) is 0. The third-order valence-electron chi connectivity index (χ3n) is 3.78. The van der Waals surface area contributed by atoms with E-state index in [1.165, 1.54) is 6.07 Å². The van der Waals surface area contributed by atoms with Crippen LogP contribution in [0.4, 0.5) is 10.1 Å². The van der Waals surface area contributed by atoms with Crippen molar-refractivity contribution in [2.24, 2.45) is 0 Å². The van der Waals surface area contributed by atoms with Crippen LogP contribution in [0.5, 0.6) is 0 Å². The van der Waals surface area contributed by atoms with Crippen molar-refractivity contribution in [3.8, 4) is 0 Å². The second-order valence-corrected chi connectivity index (χ2v) is 5.72. The van der Waals surface area contributed by atoms with Crippen LogP contribution in [0.2, 0.25) is 5.02 Å². The molecule has 0 spiro atoms. The summed E-state index contributed by atoms with van der Waals surface area (Å²) in [5.41, 5.74) is 0.822. The number of anilines is 1. The van der Waals surface area contributed by atoms with Gasteiger partial charge in [0, 0.05) is 18.6 Å². The fourth-order valence-corrected chi connectivity index (χ4v) is 3.00. The molecule has 0 radical (unpaired) electrons. The van der Waals surface area contributed by atoms with Crippen molar-refractivity contribution in [2.75, 3.05) is 18.0 Å². The van der Waals surface area contributed by atoms with Crippen LogP contribution in [0.3, 0.4) is 0 Å². The Hall–Kier alpha value is -0.800. The molecule has 1 heterocycles. The Morgan fingerprint density at radius 3 is 2.95 bits per heavy atom. The maximum atomic E-state index is 13.4. The van der Waals surface area contributed by atoms with Gasteiger partial charge in [-0.15, -0.1) is 0 Å². The van der Waals surface area contributed by atoms with E-state index in [1.54, 1.807) is 12.1 Å². The summed E-state index contributed by atoms with van der Waals surface area (Å²) in [5.74, 6) is -0.224. The summed E-state index contributed by atoms with van der Waals surface area (Å²) in [6.45, 7) is 6.35. The molecule has 0 saturated carbocycles. The Morgan fingerprint density at radius 1 is 1.47 bits per heavy atom. The second-order valence-electron chi connectivity index (χ2n) is 5.31. The van der Waals surface area contributed by atoms with Gasteiger partial charge in [-0.1, -0.05) is 18.5 Å². The van der Waals surface area contributed by atoms with Crippen molar-refractivity contribution >= 4 is 17.3 Å². The third kappa shape index (κ3) is 3.61. The van der Waals surface area contributed by atoms with Crippen LogP contribution in [0.25, 0.3) is 0 Å². The molecule has 1 saturated heterocycles. The van der Waals surface area contributed by atoms with Crippen molar-refractivity contribution in [1.82, 2.24) is 5.32 Å². The first-order chi connectivity index (χ1) is 9.11. The largest absolute Gasteiger partial charge is 0.367 e. The highest BCUT2D eigenvalue weighted by atomic mass is 35.5. The lowest BCUT2D eigenvalue weighted by Crippen LogP contribution is -2.47. The van der Waals surface area contributed by atoms with E-state index in [0.717, 1.165) is 38.0 Å². The minimum atomic E-state index is -0.224. The molecule has 0 aliphatic carbocycles. The number of nitrogens with one attached hydrogen (secondary N) is 1. The SMILES string of the molecule is CCCNC1CCN(c2cc(F)ccc2Cl)C(C)C1. The van der Waals surface area contributed by atoms with E-state index in [4.69, 9.17) is 11.6 Å².